The average Bonchev–Trinajstić information content (AvgIpc) is 2.30. The first-order chi connectivity index (χ1) is 8.26. The summed E-state index contributed by atoms with van der Waals surface area (Å²) >= 11 is 0. The van der Waals surface area contributed by atoms with Crippen LogP contribution < -0.4 is 10.6 Å². The number of anilines is 1. The van der Waals surface area contributed by atoms with Crippen LogP contribution in [0.5, 0.6) is 0 Å². The van der Waals surface area contributed by atoms with E-state index >= 15 is 0 Å². The Morgan fingerprint density at radius 2 is 2.24 bits per heavy atom. The molecule has 0 bridgehead atoms. The van der Waals surface area contributed by atoms with Crippen LogP contribution in [-0.2, 0) is 16.1 Å². The summed E-state index contributed by atoms with van der Waals surface area (Å²) in [5, 5.41) is 5.98. The quantitative estimate of drug-likeness (QED) is 0.758. The molecule has 1 aromatic rings. The van der Waals surface area contributed by atoms with Crippen LogP contribution in [0.15, 0.2) is 24.3 Å². The van der Waals surface area contributed by atoms with Crippen LogP contribution in [-0.4, -0.2) is 26.1 Å². The fourth-order valence-corrected chi connectivity index (χ4v) is 1.54. The number of amides is 1. The van der Waals surface area contributed by atoms with Crippen molar-refractivity contribution in [2.45, 2.75) is 20.0 Å². The molecule has 2 N–H and O–H groups in total. The van der Waals surface area contributed by atoms with Gasteiger partial charge in [-0.25, -0.2) is 0 Å². The van der Waals surface area contributed by atoms with Crippen molar-refractivity contribution in [2.75, 3.05) is 25.5 Å². The van der Waals surface area contributed by atoms with Gasteiger partial charge in [0.05, 0.1) is 6.61 Å². The normalized spacial score (nSPS) is 10.0. The van der Waals surface area contributed by atoms with E-state index in [0.29, 0.717) is 26.1 Å². The molecule has 17 heavy (non-hydrogen) atoms. The summed E-state index contributed by atoms with van der Waals surface area (Å²) in [7, 11) is 1.68. The topological polar surface area (TPSA) is 50.4 Å². The van der Waals surface area contributed by atoms with Crippen molar-refractivity contribution in [3.8, 4) is 0 Å². The van der Waals surface area contributed by atoms with E-state index in [1.54, 1.807) is 7.11 Å². The standard InChI is InChI=1S/C13H20N2O2/c1-3-14-13(16)7-8-15-12-6-4-5-11(9-12)10-17-2/h4-6,9,15H,3,7-8,10H2,1-2H3,(H,14,16). The second kappa shape index (κ2) is 7.68. The van der Waals surface area contributed by atoms with E-state index in [2.05, 4.69) is 10.6 Å². The molecular formula is C13H20N2O2. The lowest BCUT2D eigenvalue weighted by atomic mass is 10.2. The number of hydrogen-bond acceptors (Lipinski definition) is 3. The monoisotopic (exact) mass is 236 g/mol. The van der Waals surface area contributed by atoms with Gasteiger partial charge in [0, 0.05) is 32.3 Å². The molecule has 0 aliphatic carbocycles. The maximum absolute atomic E-state index is 11.2. The molecule has 1 rings (SSSR count). The van der Waals surface area contributed by atoms with Gasteiger partial charge < -0.3 is 15.4 Å². The summed E-state index contributed by atoms with van der Waals surface area (Å²) in [4.78, 5) is 11.2. The van der Waals surface area contributed by atoms with E-state index in [-0.39, 0.29) is 5.91 Å². The highest BCUT2D eigenvalue weighted by atomic mass is 16.5. The van der Waals surface area contributed by atoms with Gasteiger partial charge >= 0.3 is 0 Å². The molecule has 0 saturated heterocycles. The number of carbonyl (C=O) groups is 1. The van der Waals surface area contributed by atoms with Crippen LogP contribution in [0.3, 0.4) is 0 Å². The van der Waals surface area contributed by atoms with Crippen molar-refractivity contribution >= 4 is 11.6 Å². The molecule has 0 aromatic heterocycles. The number of nitrogens with one attached hydrogen (secondary N) is 2. The summed E-state index contributed by atoms with van der Waals surface area (Å²) in [6, 6.07) is 8.00. The average molecular weight is 236 g/mol. The molecule has 0 atom stereocenters. The first kappa shape index (κ1) is 13.5. The minimum Gasteiger partial charge on any atom is -0.385 e. The van der Waals surface area contributed by atoms with Crippen molar-refractivity contribution in [2.24, 2.45) is 0 Å². The molecule has 4 nitrogen and oxygen atoms in total. The van der Waals surface area contributed by atoms with Gasteiger partial charge in [0.25, 0.3) is 0 Å². The van der Waals surface area contributed by atoms with Gasteiger partial charge in [-0.2, -0.15) is 0 Å². The third-order valence-corrected chi connectivity index (χ3v) is 2.29. The highest BCUT2D eigenvalue weighted by molar-refractivity contribution is 5.76. The second-order valence-electron chi connectivity index (χ2n) is 3.76. The van der Waals surface area contributed by atoms with Crippen molar-refractivity contribution < 1.29 is 9.53 Å². The third-order valence-electron chi connectivity index (χ3n) is 2.29. The number of rotatable bonds is 7. The number of ether oxygens (including phenoxy) is 1. The minimum absolute atomic E-state index is 0.0769. The molecule has 0 fully saturated rings. The molecule has 4 heteroatoms. The lowest BCUT2D eigenvalue weighted by Gasteiger charge is -2.08. The zero-order valence-electron chi connectivity index (χ0n) is 10.5. The number of benzene rings is 1. The zero-order valence-corrected chi connectivity index (χ0v) is 10.5. The molecule has 0 aliphatic heterocycles. The molecule has 0 heterocycles. The van der Waals surface area contributed by atoms with Gasteiger partial charge in [0.2, 0.25) is 5.91 Å². The van der Waals surface area contributed by atoms with E-state index in [1.165, 1.54) is 0 Å². The summed E-state index contributed by atoms with van der Waals surface area (Å²) in [5.74, 6) is 0.0769. The molecule has 1 amide bonds. The second-order valence-corrected chi connectivity index (χ2v) is 3.76. The van der Waals surface area contributed by atoms with Crippen LogP contribution in [0.25, 0.3) is 0 Å². The molecule has 0 spiro atoms. The van der Waals surface area contributed by atoms with E-state index in [4.69, 9.17) is 4.74 Å². The highest BCUT2D eigenvalue weighted by Gasteiger charge is 1.99. The van der Waals surface area contributed by atoms with E-state index in [1.807, 2.05) is 31.2 Å². The van der Waals surface area contributed by atoms with Crippen LogP contribution in [0, 0.1) is 0 Å². The molecule has 0 saturated carbocycles. The number of hydrogen-bond donors (Lipinski definition) is 2. The van der Waals surface area contributed by atoms with Gasteiger partial charge in [-0.3, -0.25) is 4.79 Å². The Morgan fingerprint density at radius 3 is 2.94 bits per heavy atom. The third kappa shape index (κ3) is 5.36. The predicted molar refractivity (Wildman–Crippen MR) is 68.9 cm³/mol. The summed E-state index contributed by atoms with van der Waals surface area (Å²) in [6.45, 7) is 3.84. The molecule has 0 unspecified atom stereocenters. The van der Waals surface area contributed by atoms with E-state index in [9.17, 15) is 4.79 Å². The van der Waals surface area contributed by atoms with E-state index < -0.39 is 0 Å². The van der Waals surface area contributed by atoms with Crippen LogP contribution in [0.1, 0.15) is 18.9 Å². The molecule has 0 aliphatic rings. The van der Waals surface area contributed by atoms with Crippen molar-refractivity contribution in [3.05, 3.63) is 29.8 Å². The maximum Gasteiger partial charge on any atom is 0.221 e. The van der Waals surface area contributed by atoms with Crippen LogP contribution in [0.4, 0.5) is 5.69 Å². The smallest absolute Gasteiger partial charge is 0.221 e. The number of methoxy groups -OCH3 is 1. The Morgan fingerprint density at radius 1 is 1.41 bits per heavy atom. The van der Waals surface area contributed by atoms with Crippen LogP contribution >= 0.6 is 0 Å². The Labute approximate surface area is 102 Å². The molecular weight excluding hydrogens is 216 g/mol. The van der Waals surface area contributed by atoms with Gasteiger partial charge in [0.15, 0.2) is 0 Å². The van der Waals surface area contributed by atoms with Gasteiger partial charge in [-0.15, -0.1) is 0 Å². The summed E-state index contributed by atoms with van der Waals surface area (Å²) in [5.41, 5.74) is 2.14. The lowest BCUT2D eigenvalue weighted by Crippen LogP contribution is -2.24. The zero-order chi connectivity index (χ0) is 12.5. The molecule has 1 aromatic carbocycles. The lowest BCUT2D eigenvalue weighted by molar-refractivity contribution is -0.120. The minimum atomic E-state index is 0.0769. The number of carbonyl (C=O) groups excluding carboxylic acids is 1. The van der Waals surface area contributed by atoms with Crippen molar-refractivity contribution in [1.82, 2.24) is 5.32 Å². The van der Waals surface area contributed by atoms with Crippen LogP contribution in [0.2, 0.25) is 0 Å². The first-order valence-corrected chi connectivity index (χ1v) is 5.84. The Kier molecular flexibility index (Phi) is 6.10. The van der Waals surface area contributed by atoms with Crippen molar-refractivity contribution in [3.63, 3.8) is 0 Å². The fraction of sp³-hybridized carbons (Fsp3) is 0.462. The van der Waals surface area contributed by atoms with Gasteiger partial charge in [-0.1, -0.05) is 12.1 Å². The molecule has 0 radical (unpaired) electrons. The van der Waals surface area contributed by atoms with E-state index in [0.717, 1.165) is 11.3 Å². The Bertz CT molecular complexity index is 353. The fourth-order valence-electron chi connectivity index (χ4n) is 1.54. The predicted octanol–water partition coefficient (Wildman–Crippen LogP) is 1.77. The highest BCUT2D eigenvalue weighted by Crippen LogP contribution is 2.11. The molecule has 94 valence electrons. The maximum atomic E-state index is 11.2. The van der Waals surface area contributed by atoms with Gasteiger partial charge in [0.1, 0.15) is 0 Å². The van der Waals surface area contributed by atoms with Gasteiger partial charge in [-0.05, 0) is 24.6 Å². The summed E-state index contributed by atoms with van der Waals surface area (Å²) < 4.78 is 5.07. The summed E-state index contributed by atoms with van der Waals surface area (Å²) in [6.07, 6.45) is 0.488. The largest absolute Gasteiger partial charge is 0.385 e. The SMILES string of the molecule is CCNC(=O)CCNc1cccc(COC)c1. The van der Waals surface area contributed by atoms with Crippen molar-refractivity contribution in [1.29, 1.82) is 0 Å². The Hall–Kier alpha value is -1.55. The first-order valence-electron chi connectivity index (χ1n) is 5.84. The Balaban J connectivity index is 2.35.